The fourth-order valence-electron chi connectivity index (χ4n) is 3.94. The molecule has 1 N–H and O–H groups in total. The number of ether oxygens (including phenoxy) is 1. The SMILES string of the molecule is Cc1[nH]c2ccccc2c1C1=CCN(C(=O)CC2CCCO2)CC1. The number of carbonyl (C=O) groups excluding carboxylic acids is 1. The first-order chi connectivity index (χ1) is 11.7. The lowest BCUT2D eigenvalue weighted by Gasteiger charge is -2.27. The van der Waals surface area contributed by atoms with Gasteiger partial charge in [0.2, 0.25) is 5.91 Å². The summed E-state index contributed by atoms with van der Waals surface area (Å²) < 4.78 is 5.59. The van der Waals surface area contributed by atoms with Crippen LogP contribution in [-0.4, -0.2) is 41.6 Å². The van der Waals surface area contributed by atoms with Crippen molar-refractivity contribution in [3.05, 3.63) is 41.6 Å². The van der Waals surface area contributed by atoms with E-state index in [1.54, 1.807) is 0 Å². The molecule has 4 nitrogen and oxygen atoms in total. The first kappa shape index (κ1) is 15.5. The number of aromatic amines is 1. The van der Waals surface area contributed by atoms with Gasteiger partial charge in [-0.2, -0.15) is 0 Å². The van der Waals surface area contributed by atoms with E-state index < -0.39 is 0 Å². The van der Waals surface area contributed by atoms with Crippen molar-refractivity contribution in [3.8, 4) is 0 Å². The Morgan fingerprint density at radius 3 is 3.00 bits per heavy atom. The second kappa shape index (κ2) is 6.44. The van der Waals surface area contributed by atoms with E-state index in [1.807, 2.05) is 4.90 Å². The van der Waals surface area contributed by atoms with Crippen LogP contribution >= 0.6 is 0 Å². The van der Waals surface area contributed by atoms with Crippen molar-refractivity contribution in [1.82, 2.24) is 9.88 Å². The van der Waals surface area contributed by atoms with Gasteiger partial charge in [0.1, 0.15) is 0 Å². The number of amides is 1. The second-order valence-corrected chi connectivity index (χ2v) is 6.83. The maximum absolute atomic E-state index is 12.4. The molecule has 2 aromatic rings. The van der Waals surface area contributed by atoms with Gasteiger partial charge in [0.25, 0.3) is 0 Å². The van der Waals surface area contributed by atoms with Crippen LogP contribution in [0.15, 0.2) is 30.3 Å². The van der Waals surface area contributed by atoms with E-state index in [2.05, 4.69) is 42.2 Å². The van der Waals surface area contributed by atoms with Crippen LogP contribution in [0.5, 0.6) is 0 Å². The molecule has 4 heteroatoms. The number of hydrogen-bond acceptors (Lipinski definition) is 2. The molecule has 24 heavy (non-hydrogen) atoms. The molecule has 0 radical (unpaired) electrons. The Balaban J connectivity index is 1.49. The van der Waals surface area contributed by atoms with Gasteiger partial charge in [-0.1, -0.05) is 24.3 Å². The Kier molecular flexibility index (Phi) is 4.15. The van der Waals surface area contributed by atoms with Crippen molar-refractivity contribution in [2.24, 2.45) is 0 Å². The zero-order valence-corrected chi connectivity index (χ0v) is 14.2. The Hall–Kier alpha value is -2.07. The number of aromatic nitrogens is 1. The number of aryl methyl sites for hydroxylation is 1. The van der Waals surface area contributed by atoms with Gasteiger partial charge in [0.05, 0.1) is 12.5 Å². The molecule has 0 bridgehead atoms. The summed E-state index contributed by atoms with van der Waals surface area (Å²) in [7, 11) is 0. The first-order valence-corrected chi connectivity index (χ1v) is 8.88. The summed E-state index contributed by atoms with van der Waals surface area (Å²) in [6.45, 7) is 4.45. The maximum atomic E-state index is 12.4. The average molecular weight is 324 g/mol. The molecule has 1 aromatic carbocycles. The highest BCUT2D eigenvalue weighted by Gasteiger charge is 2.25. The van der Waals surface area contributed by atoms with Gasteiger partial charge in [-0.05, 0) is 37.8 Å². The number of nitrogens with zero attached hydrogens (tertiary/aromatic N) is 1. The van der Waals surface area contributed by atoms with Crippen LogP contribution in [0.1, 0.15) is 36.9 Å². The van der Waals surface area contributed by atoms with Crippen molar-refractivity contribution < 1.29 is 9.53 Å². The molecule has 0 saturated carbocycles. The van der Waals surface area contributed by atoms with Crippen LogP contribution in [0.25, 0.3) is 16.5 Å². The van der Waals surface area contributed by atoms with E-state index in [0.717, 1.165) is 32.4 Å². The predicted octanol–water partition coefficient (Wildman–Crippen LogP) is 3.66. The average Bonchev–Trinajstić information content (AvgIpc) is 3.21. The molecule has 1 unspecified atom stereocenters. The standard InChI is InChI=1S/C20H24N2O2/c1-14-20(17-6-2-3-7-18(17)21-14)15-8-10-22(11-9-15)19(23)13-16-5-4-12-24-16/h2-3,6-8,16,21H,4-5,9-13H2,1H3. The fourth-order valence-corrected chi connectivity index (χ4v) is 3.94. The molecule has 2 aliphatic heterocycles. The molecule has 0 spiro atoms. The predicted molar refractivity (Wildman–Crippen MR) is 95.8 cm³/mol. The van der Waals surface area contributed by atoms with Gasteiger partial charge in [-0.25, -0.2) is 0 Å². The molecule has 1 atom stereocenters. The third-order valence-corrected chi connectivity index (χ3v) is 5.20. The molecule has 126 valence electrons. The number of para-hydroxylation sites is 1. The lowest BCUT2D eigenvalue weighted by atomic mass is 9.96. The second-order valence-electron chi connectivity index (χ2n) is 6.83. The fraction of sp³-hybridized carbons (Fsp3) is 0.450. The van der Waals surface area contributed by atoms with Crippen LogP contribution in [0, 0.1) is 6.92 Å². The Morgan fingerprint density at radius 1 is 1.38 bits per heavy atom. The zero-order chi connectivity index (χ0) is 16.5. The van der Waals surface area contributed by atoms with Gasteiger partial charge in [0, 0.05) is 41.9 Å². The van der Waals surface area contributed by atoms with Crippen molar-refractivity contribution in [3.63, 3.8) is 0 Å². The number of fused-ring (bicyclic) bond motifs is 1. The summed E-state index contributed by atoms with van der Waals surface area (Å²) in [5.74, 6) is 0.229. The smallest absolute Gasteiger partial charge is 0.225 e. The van der Waals surface area contributed by atoms with E-state index >= 15 is 0 Å². The highest BCUT2D eigenvalue weighted by molar-refractivity contribution is 5.94. The summed E-state index contributed by atoms with van der Waals surface area (Å²) in [5.41, 5.74) is 5.06. The maximum Gasteiger partial charge on any atom is 0.225 e. The van der Waals surface area contributed by atoms with Gasteiger partial charge in [-0.3, -0.25) is 4.79 Å². The minimum Gasteiger partial charge on any atom is -0.378 e. The van der Waals surface area contributed by atoms with Gasteiger partial charge >= 0.3 is 0 Å². The Morgan fingerprint density at radius 2 is 2.25 bits per heavy atom. The van der Waals surface area contributed by atoms with Crippen LogP contribution < -0.4 is 0 Å². The number of nitrogens with one attached hydrogen (secondary N) is 1. The molecule has 2 aliphatic rings. The Bertz CT molecular complexity index is 784. The highest BCUT2D eigenvalue weighted by Crippen LogP contribution is 2.32. The lowest BCUT2D eigenvalue weighted by Crippen LogP contribution is -2.36. The lowest BCUT2D eigenvalue weighted by molar-refractivity contribution is -0.133. The molecular formula is C20H24N2O2. The number of hydrogen-bond donors (Lipinski definition) is 1. The third kappa shape index (κ3) is 2.86. The normalized spacial score (nSPS) is 21.3. The van der Waals surface area contributed by atoms with Gasteiger partial charge < -0.3 is 14.6 Å². The minimum absolute atomic E-state index is 0.138. The molecule has 0 aliphatic carbocycles. The van der Waals surface area contributed by atoms with Crippen molar-refractivity contribution >= 4 is 22.4 Å². The van der Waals surface area contributed by atoms with Crippen LogP contribution in [0.4, 0.5) is 0 Å². The largest absolute Gasteiger partial charge is 0.378 e. The summed E-state index contributed by atoms with van der Waals surface area (Å²) in [4.78, 5) is 17.9. The number of H-pyrrole nitrogens is 1. The Labute approximate surface area is 142 Å². The van der Waals surface area contributed by atoms with Crippen molar-refractivity contribution in [2.75, 3.05) is 19.7 Å². The van der Waals surface area contributed by atoms with Crippen molar-refractivity contribution in [2.45, 2.75) is 38.7 Å². The van der Waals surface area contributed by atoms with Crippen LogP contribution in [-0.2, 0) is 9.53 Å². The van der Waals surface area contributed by atoms with E-state index in [9.17, 15) is 4.79 Å². The molecule has 3 heterocycles. The molecule has 1 aromatic heterocycles. The van der Waals surface area contributed by atoms with E-state index in [0.29, 0.717) is 13.0 Å². The van der Waals surface area contributed by atoms with Crippen LogP contribution in [0.2, 0.25) is 0 Å². The number of carbonyl (C=O) groups is 1. The van der Waals surface area contributed by atoms with Gasteiger partial charge in [0.15, 0.2) is 0 Å². The number of rotatable bonds is 3. The summed E-state index contributed by atoms with van der Waals surface area (Å²) in [6, 6.07) is 8.43. The molecule has 1 fully saturated rings. The molecular weight excluding hydrogens is 300 g/mol. The van der Waals surface area contributed by atoms with E-state index in [-0.39, 0.29) is 12.0 Å². The summed E-state index contributed by atoms with van der Waals surface area (Å²) >= 11 is 0. The zero-order valence-electron chi connectivity index (χ0n) is 14.2. The summed E-state index contributed by atoms with van der Waals surface area (Å²) in [6.07, 6.45) is 5.92. The summed E-state index contributed by atoms with van der Waals surface area (Å²) in [5, 5.41) is 1.28. The molecule has 1 saturated heterocycles. The quantitative estimate of drug-likeness (QED) is 0.936. The van der Waals surface area contributed by atoms with Crippen molar-refractivity contribution in [1.29, 1.82) is 0 Å². The van der Waals surface area contributed by atoms with E-state index in [4.69, 9.17) is 4.74 Å². The third-order valence-electron chi connectivity index (χ3n) is 5.20. The van der Waals surface area contributed by atoms with Gasteiger partial charge in [-0.15, -0.1) is 0 Å². The van der Waals surface area contributed by atoms with Crippen LogP contribution in [0.3, 0.4) is 0 Å². The molecule has 4 rings (SSSR count). The monoisotopic (exact) mass is 324 g/mol. The first-order valence-electron chi connectivity index (χ1n) is 8.88. The minimum atomic E-state index is 0.138. The number of benzene rings is 1. The molecule has 1 amide bonds. The highest BCUT2D eigenvalue weighted by atomic mass is 16.5. The van der Waals surface area contributed by atoms with E-state index in [1.165, 1.54) is 27.7 Å². The topological polar surface area (TPSA) is 45.3 Å².